The maximum Gasteiger partial charge on any atom is 0.410 e. The minimum Gasteiger partial charge on any atom is -0.444 e. The number of ether oxygens (including phenoxy) is 1. The summed E-state index contributed by atoms with van der Waals surface area (Å²) in [5, 5.41) is 11.0. The zero-order valence-electron chi connectivity index (χ0n) is 27.2. The molecule has 0 spiro atoms. The molecule has 15 heteroatoms. The van der Waals surface area contributed by atoms with E-state index in [0.717, 1.165) is 0 Å². The SMILES string of the molecule is CC(C)(C)OC(=O)N1CCC(n2cc(NC(=O)c3cnn4ccc(N5CCN(CC(=O)c6ccccc6)CC5)nc34)c(C(F)F)n2)CC1. The number of Topliss-reactive ketones (excluding diaryl/α,β-unsaturated/α-hetero) is 1. The molecule has 13 nitrogen and oxygen atoms in total. The largest absolute Gasteiger partial charge is 0.444 e. The molecule has 2 aliphatic rings. The van der Waals surface area contributed by atoms with E-state index in [-0.39, 0.29) is 28.7 Å². The van der Waals surface area contributed by atoms with Crippen molar-refractivity contribution in [3.05, 3.63) is 71.8 Å². The van der Waals surface area contributed by atoms with E-state index in [0.29, 0.717) is 70.0 Å². The molecule has 0 aliphatic carbocycles. The lowest BCUT2D eigenvalue weighted by Crippen LogP contribution is -2.48. The molecule has 2 fully saturated rings. The van der Waals surface area contributed by atoms with Crippen LogP contribution in [0, 0.1) is 0 Å². The van der Waals surface area contributed by atoms with Crippen molar-refractivity contribution in [2.45, 2.75) is 51.7 Å². The number of amides is 2. The Hall–Kier alpha value is -4.92. The molecule has 1 N–H and O–H groups in total. The maximum absolute atomic E-state index is 14.1. The minimum atomic E-state index is -2.92. The first-order valence-corrected chi connectivity index (χ1v) is 16.0. The molecule has 0 radical (unpaired) electrons. The van der Waals surface area contributed by atoms with E-state index in [9.17, 15) is 23.2 Å². The smallest absolute Gasteiger partial charge is 0.410 e. The summed E-state index contributed by atoms with van der Waals surface area (Å²) in [7, 11) is 0. The fourth-order valence-electron chi connectivity index (χ4n) is 5.93. The number of fused-ring (bicyclic) bond motifs is 1. The lowest BCUT2D eigenvalue weighted by molar-refractivity contribution is 0.0184. The highest BCUT2D eigenvalue weighted by molar-refractivity contribution is 6.08. The van der Waals surface area contributed by atoms with Crippen LogP contribution in [0.3, 0.4) is 0 Å². The van der Waals surface area contributed by atoms with Crippen LogP contribution in [0.4, 0.5) is 25.1 Å². The van der Waals surface area contributed by atoms with E-state index in [1.807, 2.05) is 30.3 Å². The molecular formula is C33H39F2N9O4. The number of hydrogen-bond donors (Lipinski definition) is 1. The number of carbonyl (C=O) groups excluding carboxylic acids is 3. The second-order valence-electron chi connectivity index (χ2n) is 13.0. The second-order valence-corrected chi connectivity index (χ2v) is 13.0. The molecule has 0 saturated carbocycles. The molecule has 0 unspecified atom stereocenters. The molecule has 48 heavy (non-hydrogen) atoms. The summed E-state index contributed by atoms with van der Waals surface area (Å²) in [6, 6.07) is 10.8. The van der Waals surface area contributed by atoms with Crippen LogP contribution < -0.4 is 10.2 Å². The lowest BCUT2D eigenvalue weighted by Gasteiger charge is -2.35. The van der Waals surface area contributed by atoms with Crippen molar-refractivity contribution in [2.75, 3.05) is 56.0 Å². The fourth-order valence-corrected chi connectivity index (χ4v) is 5.93. The molecule has 1 aromatic carbocycles. The van der Waals surface area contributed by atoms with Crippen molar-refractivity contribution < 1.29 is 27.9 Å². The van der Waals surface area contributed by atoms with Crippen molar-refractivity contribution in [2.24, 2.45) is 0 Å². The van der Waals surface area contributed by atoms with Gasteiger partial charge >= 0.3 is 6.09 Å². The molecule has 4 aromatic rings. The summed E-state index contributed by atoms with van der Waals surface area (Å²) in [6.07, 6.45) is 2.13. The topological polar surface area (TPSA) is 130 Å². The van der Waals surface area contributed by atoms with Gasteiger partial charge in [0.15, 0.2) is 17.1 Å². The van der Waals surface area contributed by atoms with Crippen LogP contribution in [-0.2, 0) is 4.74 Å². The van der Waals surface area contributed by atoms with Crippen LogP contribution in [0.2, 0.25) is 0 Å². The maximum atomic E-state index is 14.1. The summed E-state index contributed by atoms with van der Waals surface area (Å²) in [6.45, 7) is 9.11. The van der Waals surface area contributed by atoms with Gasteiger partial charge in [0.25, 0.3) is 12.3 Å². The van der Waals surface area contributed by atoms with Crippen LogP contribution >= 0.6 is 0 Å². The number of hydrogen-bond acceptors (Lipinski definition) is 9. The molecule has 5 heterocycles. The van der Waals surface area contributed by atoms with E-state index in [4.69, 9.17) is 9.72 Å². The number of piperazine rings is 1. The average molecular weight is 664 g/mol. The molecule has 2 amide bonds. The molecule has 2 aliphatic heterocycles. The number of ketones is 1. The standard InChI is InChI=1S/C33H39F2N9O4/c1-33(2,3)48-32(47)42-12-9-23(10-13-42)44-20-25(28(39-44)29(34)35)37-31(46)24-19-36-43-14-11-27(38-30(24)43)41-17-15-40(16-18-41)21-26(45)22-7-5-4-6-8-22/h4-8,11,14,19-20,23,29H,9-10,12-13,15-18,21H2,1-3H3,(H,37,46). The zero-order valence-corrected chi connectivity index (χ0v) is 27.2. The Balaban J connectivity index is 1.10. The Morgan fingerprint density at radius 2 is 1.71 bits per heavy atom. The third-order valence-corrected chi connectivity index (χ3v) is 8.46. The summed E-state index contributed by atoms with van der Waals surface area (Å²) in [4.78, 5) is 49.0. The molecule has 0 atom stereocenters. The first-order chi connectivity index (χ1) is 22.9. The Bertz CT molecular complexity index is 1770. The Kier molecular flexibility index (Phi) is 9.40. The van der Waals surface area contributed by atoms with Crippen molar-refractivity contribution in [3.63, 3.8) is 0 Å². The Labute approximate surface area is 276 Å². The molecular weight excluding hydrogens is 624 g/mol. The number of nitrogens with one attached hydrogen (secondary N) is 1. The number of likely N-dealkylation sites (tertiary alicyclic amines) is 1. The van der Waals surface area contributed by atoms with Crippen LogP contribution in [0.15, 0.2) is 55.0 Å². The first-order valence-electron chi connectivity index (χ1n) is 16.0. The molecule has 0 bridgehead atoms. The summed E-state index contributed by atoms with van der Waals surface area (Å²) < 4.78 is 36.5. The number of carbonyl (C=O) groups is 3. The summed E-state index contributed by atoms with van der Waals surface area (Å²) in [5.74, 6) is 0.0765. The zero-order chi connectivity index (χ0) is 34.0. The van der Waals surface area contributed by atoms with E-state index in [1.165, 1.54) is 21.6 Å². The minimum absolute atomic E-state index is 0.0719. The lowest BCUT2D eigenvalue weighted by atomic mass is 10.1. The number of nitrogens with zero attached hydrogens (tertiary/aromatic N) is 8. The van der Waals surface area contributed by atoms with Gasteiger partial charge in [0.2, 0.25) is 0 Å². The van der Waals surface area contributed by atoms with Crippen molar-refractivity contribution >= 4 is 34.9 Å². The van der Waals surface area contributed by atoms with Gasteiger partial charge in [-0.2, -0.15) is 10.2 Å². The normalized spacial score (nSPS) is 16.5. The monoisotopic (exact) mass is 663 g/mol. The van der Waals surface area contributed by atoms with Crippen LogP contribution in [0.25, 0.3) is 5.65 Å². The van der Waals surface area contributed by atoms with Crippen molar-refractivity contribution in [3.8, 4) is 0 Å². The van der Waals surface area contributed by atoms with E-state index in [1.54, 1.807) is 37.9 Å². The average Bonchev–Trinajstić information content (AvgIpc) is 3.69. The fraction of sp³-hybridized carbons (Fsp3) is 0.455. The summed E-state index contributed by atoms with van der Waals surface area (Å²) in [5.41, 5.74) is -0.149. The van der Waals surface area contributed by atoms with Crippen molar-refractivity contribution in [1.82, 2.24) is 34.2 Å². The predicted octanol–water partition coefficient (Wildman–Crippen LogP) is 4.69. The van der Waals surface area contributed by atoms with Gasteiger partial charge in [-0.25, -0.2) is 23.1 Å². The molecule has 3 aromatic heterocycles. The second kappa shape index (κ2) is 13.7. The summed E-state index contributed by atoms with van der Waals surface area (Å²) >= 11 is 0. The van der Waals surface area contributed by atoms with Crippen LogP contribution in [-0.4, -0.2) is 103 Å². The van der Waals surface area contributed by atoms with Gasteiger partial charge in [0, 0.05) is 57.2 Å². The molecule has 6 rings (SSSR count). The van der Waals surface area contributed by atoms with E-state index < -0.39 is 29.7 Å². The highest BCUT2D eigenvalue weighted by Crippen LogP contribution is 2.31. The highest BCUT2D eigenvalue weighted by atomic mass is 19.3. The highest BCUT2D eigenvalue weighted by Gasteiger charge is 2.30. The van der Waals surface area contributed by atoms with E-state index >= 15 is 0 Å². The number of aromatic nitrogens is 5. The third kappa shape index (κ3) is 7.46. The number of benzene rings is 1. The van der Waals surface area contributed by atoms with Gasteiger partial charge in [0.1, 0.15) is 17.0 Å². The number of rotatable bonds is 8. The van der Waals surface area contributed by atoms with Gasteiger partial charge in [-0.3, -0.25) is 19.2 Å². The molecule has 254 valence electrons. The first kappa shape index (κ1) is 33.0. The number of piperidine rings is 1. The quantitative estimate of drug-likeness (QED) is 0.267. The van der Waals surface area contributed by atoms with Crippen LogP contribution in [0.5, 0.6) is 0 Å². The van der Waals surface area contributed by atoms with Gasteiger partial charge in [-0.1, -0.05) is 30.3 Å². The number of anilines is 2. The number of halogens is 2. The Morgan fingerprint density at radius 1 is 1.00 bits per heavy atom. The van der Waals surface area contributed by atoms with Gasteiger partial charge in [0.05, 0.1) is 24.5 Å². The van der Waals surface area contributed by atoms with Crippen LogP contribution in [0.1, 0.15) is 72.5 Å². The van der Waals surface area contributed by atoms with Crippen molar-refractivity contribution in [1.29, 1.82) is 0 Å². The number of alkyl halides is 2. The van der Waals surface area contributed by atoms with Gasteiger partial charge in [-0.05, 0) is 39.7 Å². The molecule has 2 saturated heterocycles. The van der Waals surface area contributed by atoms with E-state index in [2.05, 4.69) is 25.3 Å². The van der Waals surface area contributed by atoms with Gasteiger partial charge in [-0.15, -0.1) is 0 Å². The predicted molar refractivity (Wildman–Crippen MR) is 174 cm³/mol. The Morgan fingerprint density at radius 3 is 2.38 bits per heavy atom. The third-order valence-electron chi connectivity index (χ3n) is 8.46. The van der Waals surface area contributed by atoms with Gasteiger partial charge < -0.3 is 19.9 Å².